The molecular formula is C15H19N3O2S. The third kappa shape index (κ3) is 3.05. The number of carbonyl (C=O) groups excluding carboxylic acids is 1. The molecule has 2 aromatic heterocycles. The second-order valence-corrected chi connectivity index (χ2v) is 5.92. The summed E-state index contributed by atoms with van der Waals surface area (Å²) in [6.07, 6.45) is 2.44. The summed E-state index contributed by atoms with van der Waals surface area (Å²) in [5.74, 6) is -0.347. The first-order chi connectivity index (χ1) is 9.95. The molecule has 0 unspecified atom stereocenters. The van der Waals surface area contributed by atoms with E-state index in [9.17, 15) is 9.59 Å². The minimum Gasteiger partial charge on any atom is -0.343 e. The number of nitrogens with one attached hydrogen (secondary N) is 1. The molecule has 1 N–H and O–H groups in total. The molecule has 0 spiro atoms. The van der Waals surface area contributed by atoms with E-state index in [2.05, 4.69) is 10.3 Å². The average molecular weight is 305 g/mol. The van der Waals surface area contributed by atoms with Gasteiger partial charge < -0.3 is 9.88 Å². The van der Waals surface area contributed by atoms with Crippen LogP contribution in [0.4, 0.5) is 0 Å². The van der Waals surface area contributed by atoms with E-state index in [-0.39, 0.29) is 23.1 Å². The number of pyridine rings is 1. The zero-order valence-electron chi connectivity index (χ0n) is 12.6. The van der Waals surface area contributed by atoms with E-state index in [0.29, 0.717) is 0 Å². The van der Waals surface area contributed by atoms with Crippen LogP contribution in [0.25, 0.3) is 0 Å². The molecule has 112 valence electrons. The maximum Gasteiger partial charge on any atom is 0.263 e. The van der Waals surface area contributed by atoms with Crippen LogP contribution >= 0.6 is 11.3 Å². The van der Waals surface area contributed by atoms with Crippen molar-refractivity contribution < 1.29 is 4.79 Å². The third-order valence-electron chi connectivity index (χ3n) is 3.68. The molecule has 0 aliphatic carbocycles. The number of hydrogen-bond acceptors (Lipinski definition) is 4. The predicted molar refractivity (Wildman–Crippen MR) is 83.8 cm³/mol. The lowest BCUT2D eigenvalue weighted by Crippen LogP contribution is -2.35. The number of aryl methyl sites for hydroxylation is 1. The number of rotatable bonds is 4. The normalized spacial score (nSPS) is 12.2. The summed E-state index contributed by atoms with van der Waals surface area (Å²) >= 11 is 1.50. The fourth-order valence-corrected chi connectivity index (χ4v) is 2.90. The summed E-state index contributed by atoms with van der Waals surface area (Å²) in [7, 11) is 1.68. The van der Waals surface area contributed by atoms with Crippen LogP contribution in [-0.4, -0.2) is 15.5 Å². The first-order valence-corrected chi connectivity index (χ1v) is 7.71. The van der Waals surface area contributed by atoms with Gasteiger partial charge in [0.25, 0.3) is 11.5 Å². The summed E-state index contributed by atoms with van der Waals surface area (Å²) in [6.45, 7) is 5.73. The molecular weight excluding hydrogens is 286 g/mol. The Hall–Kier alpha value is -1.95. The number of hydrogen-bond donors (Lipinski definition) is 1. The minimum absolute atomic E-state index is 0.163. The SMILES string of the molecule is CC[C@H](NC(=O)c1cc(C)c(C)n(C)c1=O)c1nccs1. The monoisotopic (exact) mass is 305 g/mol. The van der Waals surface area contributed by atoms with Crippen LogP contribution in [0.1, 0.15) is 46.0 Å². The Labute approximate surface area is 127 Å². The molecule has 2 heterocycles. The first kappa shape index (κ1) is 15.4. The van der Waals surface area contributed by atoms with Gasteiger partial charge in [-0.2, -0.15) is 0 Å². The third-order valence-corrected chi connectivity index (χ3v) is 4.57. The van der Waals surface area contributed by atoms with Crippen LogP contribution in [0.3, 0.4) is 0 Å². The Morgan fingerprint density at radius 2 is 2.19 bits per heavy atom. The highest BCUT2D eigenvalue weighted by molar-refractivity contribution is 7.09. The van der Waals surface area contributed by atoms with Gasteiger partial charge in [-0.25, -0.2) is 4.98 Å². The summed E-state index contributed by atoms with van der Waals surface area (Å²) in [4.78, 5) is 28.9. The van der Waals surface area contributed by atoms with Crippen LogP contribution in [-0.2, 0) is 7.05 Å². The number of amides is 1. The fraction of sp³-hybridized carbons (Fsp3) is 0.400. The Bertz CT molecular complexity index is 704. The van der Waals surface area contributed by atoms with Gasteiger partial charge >= 0.3 is 0 Å². The van der Waals surface area contributed by atoms with Crippen molar-refractivity contribution in [3.05, 3.63) is 49.8 Å². The maximum absolute atomic E-state index is 12.4. The molecule has 0 aliphatic heterocycles. The van der Waals surface area contributed by atoms with Gasteiger partial charge in [-0.1, -0.05) is 6.92 Å². The molecule has 6 heteroatoms. The lowest BCUT2D eigenvalue weighted by Gasteiger charge is -2.15. The molecule has 2 rings (SSSR count). The average Bonchev–Trinajstić information content (AvgIpc) is 3.00. The van der Waals surface area contributed by atoms with Crippen LogP contribution in [0.2, 0.25) is 0 Å². The lowest BCUT2D eigenvalue weighted by molar-refractivity contribution is 0.0933. The zero-order chi connectivity index (χ0) is 15.6. The number of thiazole rings is 1. The van der Waals surface area contributed by atoms with Gasteiger partial charge in [0.1, 0.15) is 10.6 Å². The lowest BCUT2D eigenvalue weighted by atomic mass is 10.1. The highest BCUT2D eigenvalue weighted by atomic mass is 32.1. The Morgan fingerprint density at radius 1 is 1.48 bits per heavy atom. The Kier molecular flexibility index (Phi) is 4.57. The fourth-order valence-electron chi connectivity index (χ4n) is 2.12. The van der Waals surface area contributed by atoms with Crippen molar-refractivity contribution in [2.75, 3.05) is 0 Å². The zero-order valence-corrected chi connectivity index (χ0v) is 13.5. The summed E-state index contributed by atoms with van der Waals surface area (Å²) in [5.41, 5.74) is 1.69. The van der Waals surface area contributed by atoms with E-state index in [1.165, 1.54) is 15.9 Å². The van der Waals surface area contributed by atoms with Crippen molar-refractivity contribution in [3.8, 4) is 0 Å². The van der Waals surface area contributed by atoms with Crippen molar-refractivity contribution in [1.29, 1.82) is 0 Å². The van der Waals surface area contributed by atoms with E-state index in [4.69, 9.17) is 0 Å². The quantitative estimate of drug-likeness (QED) is 0.943. The molecule has 0 bridgehead atoms. The van der Waals surface area contributed by atoms with E-state index >= 15 is 0 Å². The van der Waals surface area contributed by atoms with Gasteiger partial charge in [-0.3, -0.25) is 9.59 Å². The molecule has 1 atom stereocenters. The number of nitrogens with zero attached hydrogens (tertiary/aromatic N) is 2. The second-order valence-electron chi connectivity index (χ2n) is 5.00. The maximum atomic E-state index is 12.4. The molecule has 0 saturated carbocycles. The van der Waals surface area contributed by atoms with E-state index < -0.39 is 0 Å². The van der Waals surface area contributed by atoms with Gasteiger partial charge in [0, 0.05) is 24.3 Å². The summed E-state index contributed by atoms with van der Waals surface area (Å²) in [5, 5.41) is 5.62. The van der Waals surface area contributed by atoms with Gasteiger partial charge in [-0.15, -0.1) is 11.3 Å². The number of carbonyl (C=O) groups is 1. The molecule has 2 aromatic rings. The molecule has 0 fully saturated rings. The van der Waals surface area contributed by atoms with Crippen molar-refractivity contribution in [3.63, 3.8) is 0 Å². The van der Waals surface area contributed by atoms with Crippen molar-refractivity contribution >= 4 is 17.2 Å². The van der Waals surface area contributed by atoms with Crippen LogP contribution in [0.15, 0.2) is 22.4 Å². The van der Waals surface area contributed by atoms with E-state index in [1.54, 1.807) is 19.3 Å². The van der Waals surface area contributed by atoms with Crippen LogP contribution in [0.5, 0.6) is 0 Å². The van der Waals surface area contributed by atoms with E-state index in [1.807, 2.05) is 26.2 Å². The molecule has 0 saturated heterocycles. The smallest absolute Gasteiger partial charge is 0.263 e. The predicted octanol–water partition coefficient (Wildman–Crippen LogP) is 2.34. The van der Waals surface area contributed by atoms with E-state index in [0.717, 1.165) is 22.7 Å². The summed E-state index contributed by atoms with van der Waals surface area (Å²) in [6, 6.07) is 1.49. The highest BCUT2D eigenvalue weighted by Crippen LogP contribution is 2.19. The van der Waals surface area contributed by atoms with Gasteiger partial charge in [-0.05, 0) is 31.9 Å². The largest absolute Gasteiger partial charge is 0.343 e. The van der Waals surface area contributed by atoms with Crippen LogP contribution in [0, 0.1) is 13.8 Å². The number of aromatic nitrogens is 2. The Morgan fingerprint density at radius 3 is 2.76 bits per heavy atom. The molecule has 0 aliphatic rings. The van der Waals surface area contributed by atoms with Crippen molar-refractivity contribution in [2.45, 2.75) is 33.2 Å². The van der Waals surface area contributed by atoms with Gasteiger partial charge in [0.15, 0.2) is 0 Å². The first-order valence-electron chi connectivity index (χ1n) is 6.83. The minimum atomic E-state index is -0.347. The molecule has 1 amide bonds. The van der Waals surface area contributed by atoms with Gasteiger partial charge in [0.2, 0.25) is 0 Å². The van der Waals surface area contributed by atoms with Crippen molar-refractivity contribution in [1.82, 2.24) is 14.9 Å². The van der Waals surface area contributed by atoms with Gasteiger partial charge in [0.05, 0.1) is 6.04 Å². The molecule has 21 heavy (non-hydrogen) atoms. The Balaban J connectivity index is 2.31. The topological polar surface area (TPSA) is 64.0 Å². The molecule has 0 radical (unpaired) electrons. The highest BCUT2D eigenvalue weighted by Gasteiger charge is 2.19. The van der Waals surface area contributed by atoms with Crippen molar-refractivity contribution in [2.24, 2.45) is 7.05 Å². The van der Waals surface area contributed by atoms with Crippen LogP contribution < -0.4 is 10.9 Å². The molecule has 0 aromatic carbocycles. The summed E-state index contributed by atoms with van der Waals surface area (Å²) < 4.78 is 1.51. The molecule has 5 nitrogen and oxygen atoms in total. The standard InChI is InChI=1S/C15H19N3O2S/c1-5-12(14-16-6-7-21-14)17-13(19)11-8-9(2)10(3)18(4)15(11)20/h6-8,12H,5H2,1-4H3,(H,17,19)/t12-/m0/s1. The second kappa shape index (κ2) is 6.22.